The van der Waals surface area contributed by atoms with Gasteiger partial charge in [0.1, 0.15) is 0 Å². The summed E-state index contributed by atoms with van der Waals surface area (Å²) in [6.45, 7) is 3.73. The number of nitrogens with two attached hydrogens (primary N) is 1. The topological polar surface area (TPSA) is 106 Å². The van der Waals surface area contributed by atoms with Gasteiger partial charge in [-0.1, -0.05) is 18.2 Å². The number of carbonyl (C=O) groups excluding carboxylic acids is 3. The molecule has 1 aromatic carbocycles. The molecule has 142 valence electrons. The van der Waals surface area contributed by atoms with E-state index >= 15 is 0 Å². The average molecular weight is 370 g/mol. The molecular formula is C19H22N4O4. The number of rotatable bonds is 4. The van der Waals surface area contributed by atoms with E-state index in [0.717, 1.165) is 5.39 Å². The Morgan fingerprint density at radius 2 is 1.78 bits per heavy atom. The lowest BCUT2D eigenvalue weighted by atomic mass is 10.1. The maximum Gasteiger partial charge on any atom is 0.409 e. The Kier molecular flexibility index (Phi) is 5.54. The molecule has 0 spiro atoms. The summed E-state index contributed by atoms with van der Waals surface area (Å²) in [6, 6.07) is 9.04. The molecule has 3 rings (SSSR count). The molecule has 0 unspecified atom stereocenters. The molecule has 1 aliphatic rings. The van der Waals surface area contributed by atoms with Crippen molar-refractivity contribution in [2.24, 2.45) is 5.73 Å². The maximum absolute atomic E-state index is 12.7. The van der Waals surface area contributed by atoms with Gasteiger partial charge in [-0.2, -0.15) is 0 Å². The van der Waals surface area contributed by atoms with Crippen LogP contribution in [0.15, 0.2) is 30.3 Å². The number of amides is 3. The summed E-state index contributed by atoms with van der Waals surface area (Å²) < 4.78 is 4.98. The van der Waals surface area contributed by atoms with Crippen molar-refractivity contribution >= 4 is 28.8 Å². The molecule has 2 heterocycles. The first-order valence-corrected chi connectivity index (χ1v) is 8.87. The summed E-state index contributed by atoms with van der Waals surface area (Å²) in [5.74, 6) is -0.757. The van der Waals surface area contributed by atoms with Crippen molar-refractivity contribution in [1.29, 1.82) is 0 Å². The molecule has 27 heavy (non-hydrogen) atoms. The molecule has 2 aromatic rings. The molecule has 1 saturated heterocycles. The lowest BCUT2D eigenvalue weighted by Gasteiger charge is -2.34. The van der Waals surface area contributed by atoms with Crippen LogP contribution in [-0.4, -0.2) is 65.5 Å². The fourth-order valence-electron chi connectivity index (χ4n) is 3.11. The Bertz CT molecular complexity index is 875. The lowest BCUT2D eigenvalue weighted by molar-refractivity contribution is -0.132. The number of para-hydroxylation sites is 1. The van der Waals surface area contributed by atoms with Crippen LogP contribution in [0.25, 0.3) is 10.9 Å². The number of benzene rings is 1. The summed E-state index contributed by atoms with van der Waals surface area (Å²) in [5, 5.41) is 0.797. The van der Waals surface area contributed by atoms with Gasteiger partial charge in [0, 0.05) is 31.6 Å². The number of piperazine rings is 1. The number of hydrogen-bond acceptors (Lipinski definition) is 5. The summed E-state index contributed by atoms with van der Waals surface area (Å²) in [5.41, 5.74) is 6.81. The van der Waals surface area contributed by atoms with E-state index in [0.29, 0.717) is 44.0 Å². The van der Waals surface area contributed by atoms with Crippen molar-refractivity contribution in [2.45, 2.75) is 13.3 Å². The van der Waals surface area contributed by atoms with E-state index in [1.165, 1.54) is 0 Å². The van der Waals surface area contributed by atoms with Crippen LogP contribution in [0.1, 0.15) is 23.0 Å². The molecule has 0 saturated carbocycles. The molecule has 0 radical (unpaired) electrons. The van der Waals surface area contributed by atoms with Crippen molar-refractivity contribution in [2.75, 3.05) is 32.8 Å². The SMILES string of the molecule is CCOC(=O)N1CCN(C(=O)Cc2nc3ccccc3cc2C(N)=O)CC1. The van der Waals surface area contributed by atoms with Crippen LogP contribution in [-0.2, 0) is 16.0 Å². The smallest absolute Gasteiger partial charge is 0.409 e. The summed E-state index contributed by atoms with van der Waals surface area (Å²) in [4.78, 5) is 43.9. The van der Waals surface area contributed by atoms with E-state index < -0.39 is 5.91 Å². The standard InChI is InChI=1S/C19H22N4O4/c1-2-27-19(26)23-9-7-22(8-10-23)17(24)12-16-14(18(20)25)11-13-5-3-4-6-15(13)21-16/h3-6,11H,2,7-10,12H2,1H3,(H2,20,25). The Morgan fingerprint density at radius 3 is 2.44 bits per heavy atom. The Labute approximate surface area is 156 Å². The van der Waals surface area contributed by atoms with E-state index in [4.69, 9.17) is 10.5 Å². The normalized spacial score (nSPS) is 14.3. The fourth-order valence-corrected chi connectivity index (χ4v) is 3.11. The van der Waals surface area contributed by atoms with Gasteiger partial charge in [-0.15, -0.1) is 0 Å². The van der Waals surface area contributed by atoms with Crippen LogP contribution in [0.4, 0.5) is 4.79 Å². The van der Waals surface area contributed by atoms with E-state index in [-0.39, 0.29) is 24.0 Å². The summed E-state index contributed by atoms with van der Waals surface area (Å²) >= 11 is 0. The van der Waals surface area contributed by atoms with Gasteiger partial charge in [0.15, 0.2) is 0 Å². The zero-order valence-electron chi connectivity index (χ0n) is 15.2. The number of hydrogen-bond donors (Lipinski definition) is 1. The second kappa shape index (κ2) is 8.03. The molecule has 0 aliphatic carbocycles. The second-order valence-electron chi connectivity index (χ2n) is 6.28. The molecule has 1 fully saturated rings. The van der Waals surface area contributed by atoms with E-state index in [1.807, 2.05) is 24.3 Å². The highest BCUT2D eigenvalue weighted by atomic mass is 16.6. The number of carbonyl (C=O) groups is 3. The van der Waals surface area contributed by atoms with Crippen molar-refractivity contribution in [1.82, 2.24) is 14.8 Å². The molecule has 3 amide bonds. The lowest BCUT2D eigenvalue weighted by Crippen LogP contribution is -2.51. The third kappa shape index (κ3) is 4.16. The highest BCUT2D eigenvalue weighted by Crippen LogP contribution is 2.18. The quantitative estimate of drug-likeness (QED) is 0.870. The van der Waals surface area contributed by atoms with E-state index in [9.17, 15) is 14.4 Å². The third-order valence-electron chi connectivity index (χ3n) is 4.55. The van der Waals surface area contributed by atoms with Crippen molar-refractivity contribution in [3.8, 4) is 0 Å². The van der Waals surface area contributed by atoms with Crippen LogP contribution in [0.5, 0.6) is 0 Å². The van der Waals surface area contributed by atoms with Gasteiger partial charge < -0.3 is 20.3 Å². The first kappa shape index (κ1) is 18.6. The minimum absolute atomic E-state index is 0.0114. The number of aromatic nitrogens is 1. The first-order valence-electron chi connectivity index (χ1n) is 8.87. The van der Waals surface area contributed by atoms with E-state index in [2.05, 4.69) is 4.98 Å². The van der Waals surface area contributed by atoms with Gasteiger partial charge in [-0.25, -0.2) is 4.79 Å². The van der Waals surface area contributed by atoms with Crippen LogP contribution in [0.3, 0.4) is 0 Å². The zero-order chi connectivity index (χ0) is 19.4. The number of fused-ring (bicyclic) bond motifs is 1. The number of nitrogens with zero attached hydrogens (tertiary/aromatic N) is 3. The predicted molar refractivity (Wildman–Crippen MR) is 99.1 cm³/mol. The third-order valence-corrected chi connectivity index (χ3v) is 4.55. The van der Waals surface area contributed by atoms with Gasteiger partial charge in [0.05, 0.1) is 29.8 Å². The molecule has 8 nitrogen and oxygen atoms in total. The number of pyridine rings is 1. The highest BCUT2D eigenvalue weighted by molar-refractivity contribution is 5.98. The first-order chi connectivity index (χ1) is 13.0. The van der Waals surface area contributed by atoms with Crippen LogP contribution >= 0.6 is 0 Å². The minimum atomic E-state index is -0.608. The minimum Gasteiger partial charge on any atom is -0.450 e. The van der Waals surface area contributed by atoms with Crippen molar-refractivity contribution < 1.29 is 19.1 Å². The predicted octanol–water partition coefficient (Wildman–Crippen LogP) is 1.18. The monoisotopic (exact) mass is 370 g/mol. The van der Waals surface area contributed by atoms with Gasteiger partial charge >= 0.3 is 6.09 Å². The highest BCUT2D eigenvalue weighted by Gasteiger charge is 2.26. The summed E-state index contributed by atoms with van der Waals surface area (Å²) in [6.07, 6.45) is -0.375. The zero-order valence-corrected chi connectivity index (χ0v) is 15.2. The van der Waals surface area contributed by atoms with Crippen LogP contribution in [0.2, 0.25) is 0 Å². The Balaban J connectivity index is 1.72. The Morgan fingerprint density at radius 1 is 1.11 bits per heavy atom. The largest absolute Gasteiger partial charge is 0.450 e. The van der Waals surface area contributed by atoms with E-state index in [1.54, 1.807) is 22.8 Å². The fraction of sp³-hybridized carbons (Fsp3) is 0.368. The van der Waals surface area contributed by atoms with Gasteiger partial charge in [-0.3, -0.25) is 14.6 Å². The molecule has 0 bridgehead atoms. The number of ether oxygens (including phenoxy) is 1. The average Bonchev–Trinajstić information content (AvgIpc) is 2.67. The van der Waals surface area contributed by atoms with Crippen molar-refractivity contribution in [3.63, 3.8) is 0 Å². The summed E-state index contributed by atoms with van der Waals surface area (Å²) in [7, 11) is 0. The van der Waals surface area contributed by atoms with Crippen LogP contribution < -0.4 is 5.73 Å². The molecule has 2 N–H and O–H groups in total. The molecule has 8 heteroatoms. The maximum atomic E-state index is 12.7. The molecule has 1 aromatic heterocycles. The van der Waals surface area contributed by atoms with Gasteiger partial charge in [0.25, 0.3) is 5.91 Å². The molecule has 0 atom stereocenters. The second-order valence-corrected chi connectivity index (χ2v) is 6.28. The number of primary amides is 1. The van der Waals surface area contributed by atoms with Crippen LogP contribution in [0, 0.1) is 0 Å². The van der Waals surface area contributed by atoms with Gasteiger partial charge in [0.2, 0.25) is 5.91 Å². The van der Waals surface area contributed by atoms with Crippen molar-refractivity contribution in [3.05, 3.63) is 41.6 Å². The Hall–Kier alpha value is -3.16. The molecular weight excluding hydrogens is 348 g/mol. The van der Waals surface area contributed by atoms with Gasteiger partial charge in [-0.05, 0) is 19.1 Å². The molecule has 1 aliphatic heterocycles.